The van der Waals surface area contributed by atoms with E-state index in [-0.39, 0.29) is 11.7 Å². The molecular weight excluding hydrogens is 352 g/mol. The number of carbonyl (C=O) groups is 1. The van der Waals surface area contributed by atoms with E-state index in [1.807, 2.05) is 24.3 Å². The van der Waals surface area contributed by atoms with Crippen LogP contribution in [-0.2, 0) is 0 Å². The maximum Gasteiger partial charge on any atom is 0.319 e. The SMILES string of the molecule is COc1ccccc1C(CNC(=O)Nc1cc(F)cc(F)c1)N1CCCC1. The molecule has 2 aromatic rings. The number of likely N-dealkylation sites (tertiary alicyclic amines) is 1. The fourth-order valence-electron chi connectivity index (χ4n) is 3.42. The Morgan fingerprint density at radius 3 is 2.48 bits per heavy atom. The Hall–Kier alpha value is -2.67. The number of nitrogens with zero attached hydrogens (tertiary/aromatic N) is 1. The summed E-state index contributed by atoms with van der Waals surface area (Å²) in [6.07, 6.45) is 2.22. The molecule has 0 spiro atoms. The minimum Gasteiger partial charge on any atom is -0.496 e. The van der Waals surface area contributed by atoms with E-state index in [1.54, 1.807) is 7.11 Å². The largest absolute Gasteiger partial charge is 0.496 e. The first-order valence-corrected chi connectivity index (χ1v) is 8.94. The number of urea groups is 1. The summed E-state index contributed by atoms with van der Waals surface area (Å²) in [5.41, 5.74) is 1.07. The zero-order valence-corrected chi connectivity index (χ0v) is 15.2. The van der Waals surface area contributed by atoms with Crippen LogP contribution in [-0.4, -0.2) is 37.7 Å². The van der Waals surface area contributed by atoms with Crippen molar-refractivity contribution in [3.8, 4) is 5.75 Å². The average Bonchev–Trinajstić information content (AvgIpc) is 3.16. The van der Waals surface area contributed by atoms with Crippen LogP contribution in [0.1, 0.15) is 24.4 Å². The monoisotopic (exact) mass is 375 g/mol. The van der Waals surface area contributed by atoms with Crippen molar-refractivity contribution in [3.05, 3.63) is 59.7 Å². The Morgan fingerprint density at radius 1 is 1.15 bits per heavy atom. The zero-order chi connectivity index (χ0) is 19.2. The quantitative estimate of drug-likeness (QED) is 0.804. The fraction of sp³-hybridized carbons (Fsp3) is 0.350. The minimum absolute atomic E-state index is 0.0429. The second kappa shape index (κ2) is 8.81. The molecule has 0 bridgehead atoms. The number of halogens is 2. The summed E-state index contributed by atoms with van der Waals surface area (Å²) < 4.78 is 32.0. The van der Waals surface area contributed by atoms with Crippen molar-refractivity contribution >= 4 is 11.7 Å². The Labute approximate surface area is 157 Å². The molecule has 1 aliphatic heterocycles. The molecule has 3 rings (SSSR count). The van der Waals surface area contributed by atoms with Crippen LogP contribution in [0, 0.1) is 11.6 Å². The highest BCUT2D eigenvalue weighted by Gasteiger charge is 2.26. The molecule has 27 heavy (non-hydrogen) atoms. The lowest BCUT2D eigenvalue weighted by molar-refractivity contribution is 0.224. The highest BCUT2D eigenvalue weighted by atomic mass is 19.1. The van der Waals surface area contributed by atoms with E-state index in [9.17, 15) is 13.6 Å². The first-order chi connectivity index (χ1) is 13.1. The molecule has 0 radical (unpaired) electrons. The number of methoxy groups -OCH3 is 1. The van der Waals surface area contributed by atoms with Gasteiger partial charge in [-0.3, -0.25) is 4.90 Å². The molecule has 0 aromatic heterocycles. The Balaban J connectivity index is 1.70. The van der Waals surface area contributed by atoms with E-state index in [1.165, 1.54) is 0 Å². The van der Waals surface area contributed by atoms with Gasteiger partial charge in [0.15, 0.2) is 0 Å². The van der Waals surface area contributed by atoms with Crippen LogP contribution in [0.3, 0.4) is 0 Å². The minimum atomic E-state index is -0.741. The van der Waals surface area contributed by atoms with Gasteiger partial charge in [-0.05, 0) is 44.1 Å². The van der Waals surface area contributed by atoms with Crippen molar-refractivity contribution < 1.29 is 18.3 Å². The number of carbonyl (C=O) groups excluding carboxylic acids is 1. The van der Waals surface area contributed by atoms with Gasteiger partial charge in [-0.25, -0.2) is 13.6 Å². The van der Waals surface area contributed by atoms with E-state index < -0.39 is 17.7 Å². The number of hydrogen-bond donors (Lipinski definition) is 2. The van der Waals surface area contributed by atoms with E-state index in [4.69, 9.17) is 4.74 Å². The van der Waals surface area contributed by atoms with E-state index in [0.29, 0.717) is 6.54 Å². The first-order valence-electron chi connectivity index (χ1n) is 8.94. The predicted molar refractivity (Wildman–Crippen MR) is 99.9 cm³/mol. The molecule has 7 heteroatoms. The van der Waals surface area contributed by atoms with Gasteiger partial charge in [0.1, 0.15) is 17.4 Å². The summed E-state index contributed by atoms with van der Waals surface area (Å²) in [7, 11) is 1.62. The summed E-state index contributed by atoms with van der Waals surface area (Å²) in [5.74, 6) is -0.715. The number of ether oxygens (including phenoxy) is 1. The van der Waals surface area contributed by atoms with Gasteiger partial charge < -0.3 is 15.4 Å². The topological polar surface area (TPSA) is 53.6 Å². The maximum absolute atomic E-state index is 13.3. The smallest absolute Gasteiger partial charge is 0.319 e. The van der Waals surface area contributed by atoms with Crippen LogP contribution in [0.2, 0.25) is 0 Å². The molecule has 1 heterocycles. The van der Waals surface area contributed by atoms with Crippen LogP contribution >= 0.6 is 0 Å². The summed E-state index contributed by atoms with van der Waals surface area (Å²) in [6.45, 7) is 2.24. The van der Waals surface area contributed by atoms with Crippen molar-refractivity contribution in [2.75, 3.05) is 32.1 Å². The summed E-state index contributed by atoms with van der Waals surface area (Å²) in [6, 6.07) is 10.1. The number of benzene rings is 2. The standard InChI is InChI=1S/C20H23F2N3O2/c1-27-19-7-3-2-6-17(19)18(25-8-4-5-9-25)13-23-20(26)24-16-11-14(21)10-15(22)12-16/h2-3,6-7,10-12,18H,4-5,8-9,13H2,1H3,(H2,23,24,26). The number of rotatable bonds is 6. The van der Waals surface area contributed by atoms with Crippen LogP contribution in [0.25, 0.3) is 0 Å². The van der Waals surface area contributed by atoms with Crippen molar-refractivity contribution in [1.29, 1.82) is 0 Å². The van der Waals surface area contributed by atoms with Gasteiger partial charge in [-0.15, -0.1) is 0 Å². The van der Waals surface area contributed by atoms with Gasteiger partial charge in [0, 0.05) is 23.9 Å². The molecule has 2 amide bonds. The first kappa shape index (κ1) is 19.1. The van der Waals surface area contributed by atoms with Crippen LogP contribution in [0.4, 0.5) is 19.3 Å². The molecule has 0 aliphatic carbocycles. The Bertz CT molecular complexity index is 774. The van der Waals surface area contributed by atoms with Crippen molar-refractivity contribution in [1.82, 2.24) is 10.2 Å². The molecule has 1 fully saturated rings. The highest BCUT2D eigenvalue weighted by Crippen LogP contribution is 2.31. The molecular formula is C20H23F2N3O2. The molecule has 1 atom stereocenters. The van der Waals surface area contributed by atoms with Crippen molar-refractivity contribution in [2.45, 2.75) is 18.9 Å². The summed E-state index contributed by atoms with van der Waals surface area (Å²) in [5, 5.41) is 5.27. The number of amides is 2. The molecule has 0 saturated carbocycles. The Morgan fingerprint density at radius 2 is 1.81 bits per heavy atom. The second-order valence-corrected chi connectivity index (χ2v) is 6.49. The second-order valence-electron chi connectivity index (χ2n) is 6.49. The summed E-state index contributed by atoms with van der Waals surface area (Å²) >= 11 is 0. The van der Waals surface area contributed by atoms with Gasteiger partial charge in [0.05, 0.1) is 13.2 Å². The third-order valence-corrected chi connectivity index (χ3v) is 4.66. The normalized spacial score (nSPS) is 15.4. The van der Waals surface area contributed by atoms with Gasteiger partial charge in [-0.2, -0.15) is 0 Å². The van der Waals surface area contributed by atoms with Crippen molar-refractivity contribution in [2.24, 2.45) is 0 Å². The van der Waals surface area contributed by atoms with E-state index >= 15 is 0 Å². The van der Waals surface area contributed by atoms with E-state index in [0.717, 1.165) is 55.4 Å². The summed E-state index contributed by atoms with van der Waals surface area (Å²) in [4.78, 5) is 14.5. The third-order valence-electron chi connectivity index (χ3n) is 4.66. The average molecular weight is 375 g/mol. The van der Waals surface area contributed by atoms with E-state index in [2.05, 4.69) is 15.5 Å². The number of hydrogen-bond acceptors (Lipinski definition) is 3. The fourth-order valence-corrected chi connectivity index (χ4v) is 3.42. The lowest BCUT2D eigenvalue weighted by Crippen LogP contribution is -2.38. The lowest BCUT2D eigenvalue weighted by atomic mass is 10.0. The van der Waals surface area contributed by atoms with Gasteiger partial charge >= 0.3 is 6.03 Å². The molecule has 5 nitrogen and oxygen atoms in total. The molecule has 1 saturated heterocycles. The predicted octanol–water partition coefficient (Wildman–Crippen LogP) is 3.93. The number of para-hydroxylation sites is 1. The molecule has 1 unspecified atom stereocenters. The highest BCUT2D eigenvalue weighted by molar-refractivity contribution is 5.89. The molecule has 2 aromatic carbocycles. The Kier molecular flexibility index (Phi) is 6.24. The van der Waals surface area contributed by atoms with Gasteiger partial charge in [0.25, 0.3) is 0 Å². The van der Waals surface area contributed by atoms with Gasteiger partial charge in [-0.1, -0.05) is 18.2 Å². The van der Waals surface area contributed by atoms with Crippen LogP contribution < -0.4 is 15.4 Å². The maximum atomic E-state index is 13.3. The molecule has 144 valence electrons. The third kappa shape index (κ3) is 4.95. The number of nitrogens with one attached hydrogen (secondary N) is 2. The molecule has 1 aliphatic rings. The lowest BCUT2D eigenvalue weighted by Gasteiger charge is -2.29. The molecule has 2 N–H and O–H groups in total. The van der Waals surface area contributed by atoms with Gasteiger partial charge in [0.2, 0.25) is 0 Å². The number of anilines is 1. The zero-order valence-electron chi connectivity index (χ0n) is 15.2. The van der Waals surface area contributed by atoms with Crippen LogP contribution in [0.15, 0.2) is 42.5 Å². The van der Waals surface area contributed by atoms with Crippen LogP contribution in [0.5, 0.6) is 5.75 Å². The van der Waals surface area contributed by atoms with Crippen molar-refractivity contribution in [3.63, 3.8) is 0 Å².